The number of rotatable bonds is 15. The number of oxime groups is 1. The number of phenolic OH excluding ortho intramolecular Hbond substituents is 2. The number of phenols is 2. The van der Waals surface area contributed by atoms with Crippen molar-refractivity contribution in [2.45, 2.75) is 44.1 Å². The lowest BCUT2D eigenvalue weighted by molar-refractivity contribution is -0.885. The Bertz CT molecular complexity index is 1950. The Kier molecular flexibility index (Phi) is 11.0. The number of hydrogen-bond donors (Lipinski definition) is 5. The second-order valence-corrected chi connectivity index (χ2v) is 16.1. The lowest BCUT2D eigenvalue weighted by Gasteiger charge is -2.50. The molecule has 0 spiro atoms. The molecule has 2 aliphatic heterocycles. The Balaban J connectivity index is 1.32. The molecular formula is C30H34Cl2N9O8S2+. The molecule has 2 atom stereocenters. The standard InChI is InChI=1S/C30H33Cl2N9O8S2/c1-30(2,28(47)48)49-37-20(21-24(32)51-29(33)34-21)18(44)10-15-26(46)40-22(25-35-38-39-36-25)13(12-50-27(15)40)11-41(3,4)9-5-6-16(42)14-7-8-17(43)23(45)19(14)31/h7-8,15,27H,5-6,9-12H2,1-4H3,(H5-,33,34,35,36,37,38,39,42,43,44,45,47,48)/p+1/t15-,27-/m1/s1. The van der Waals surface area contributed by atoms with Crippen LogP contribution in [0.3, 0.4) is 0 Å². The summed E-state index contributed by atoms with van der Waals surface area (Å²) in [5.41, 5.74) is 5.02. The number of amides is 1. The number of nitrogens with two attached hydrogens (primary N) is 1. The molecule has 0 aliphatic carbocycles. The number of carbonyl (C=O) groups excluding carboxylic acids is 3. The first-order valence-electron chi connectivity index (χ1n) is 15.3. The fraction of sp³-hybridized carbons (Fsp3) is 0.433. The number of thioether (sulfide) groups is 1. The van der Waals surface area contributed by atoms with Gasteiger partial charge in [0.05, 0.1) is 42.7 Å². The van der Waals surface area contributed by atoms with Crippen LogP contribution in [0.1, 0.15) is 55.0 Å². The number of likely N-dealkylation sites (N-methyl/N-ethyl adjacent to an activating group) is 1. The SMILES string of the molecule is CC(C)(O/N=C(\C(=O)C[C@@H]1C(=O)N2C(c3nn[nH]n3)=C(C[N+](C)(C)CCCC(=O)c3ccc(O)c(O)c3Cl)CS[C@H]12)c1nc(N)sc1Cl)C(=O)O. The number of carboxylic acid groups (broad SMARTS) is 1. The minimum Gasteiger partial charge on any atom is -0.504 e. The van der Waals surface area contributed by atoms with Gasteiger partial charge in [0.2, 0.25) is 17.3 Å². The number of nitrogen functional groups attached to an aromatic ring is 1. The third-order valence-corrected chi connectivity index (χ3v) is 11.1. The van der Waals surface area contributed by atoms with Gasteiger partial charge in [-0.2, -0.15) is 5.21 Å². The molecule has 21 heteroatoms. The molecule has 5 rings (SSSR count). The van der Waals surface area contributed by atoms with Crippen LogP contribution in [0, 0.1) is 5.92 Å². The summed E-state index contributed by atoms with van der Waals surface area (Å²) in [6.45, 7) is 3.53. The zero-order valence-corrected chi connectivity index (χ0v) is 30.9. The number of anilines is 1. The van der Waals surface area contributed by atoms with Crippen LogP contribution in [0.25, 0.3) is 5.70 Å². The Labute approximate surface area is 309 Å². The molecule has 0 saturated carbocycles. The maximum Gasteiger partial charge on any atom is 0.350 e. The summed E-state index contributed by atoms with van der Waals surface area (Å²) in [5.74, 6) is -3.67. The molecular weight excluding hydrogens is 749 g/mol. The molecule has 0 unspecified atom stereocenters. The van der Waals surface area contributed by atoms with Crippen molar-refractivity contribution in [3.05, 3.63) is 44.1 Å². The number of carboxylic acids is 1. The van der Waals surface area contributed by atoms with Crippen LogP contribution >= 0.6 is 46.3 Å². The maximum absolute atomic E-state index is 13.8. The molecule has 1 aromatic carbocycles. The van der Waals surface area contributed by atoms with Crippen molar-refractivity contribution in [1.29, 1.82) is 0 Å². The number of aromatic nitrogens is 5. The number of β-lactam (4-membered cyclic amide) rings is 1. The highest BCUT2D eigenvalue weighted by molar-refractivity contribution is 8.00. The molecule has 2 aromatic heterocycles. The number of aromatic hydroxyl groups is 2. The highest BCUT2D eigenvalue weighted by Crippen LogP contribution is 2.48. The predicted octanol–water partition coefficient (Wildman–Crippen LogP) is 3.18. The second-order valence-electron chi connectivity index (χ2n) is 13.0. The normalized spacial score (nSPS) is 18.0. The lowest BCUT2D eigenvalue weighted by atomic mass is 9.89. The number of aromatic amines is 1. The van der Waals surface area contributed by atoms with Gasteiger partial charge < -0.3 is 30.4 Å². The van der Waals surface area contributed by atoms with E-state index in [1.54, 1.807) is 4.90 Å². The van der Waals surface area contributed by atoms with Crippen LogP contribution < -0.4 is 5.73 Å². The Morgan fingerprint density at radius 2 is 1.96 bits per heavy atom. The largest absolute Gasteiger partial charge is 0.504 e. The van der Waals surface area contributed by atoms with Crippen LogP contribution in [0.15, 0.2) is 22.9 Å². The number of tetrazole rings is 1. The molecule has 1 amide bonds. The summed E-state index contributed by atoms with van der Waals surface area (Å²) in [6.07, 6.45) is 0.315. The Morgan fingerprint density at radius 1 is 1.24 bits per heavy atom. The molecule has 1 fully saturated rings. The number of benzene rings is 1. The second kappa shape index (κ2) is 14.7. The minimum atomic E-state index is -1.78. The van der Waals surface area contributed by atoms with Gasteiger partial charge in [-0.15, -0.1) is 22.0 Å². The van der Waals surface area contributed by atoms with Crippen LogP contribution in [0.5, 0.6) is 11.5 Å². The molecule has 0 bridgehead atoms. The van der Waals surface area contributed by atoms with Crippen LogP contribution in [0.4, 0.5) is 5.13 Å². The van der Waals surface area contributed by atoms with E-state index in [4.69, 9.17) is 33.8 Å². The van der Waals surface area contributed by atoms with Crippen molar-refractivity contribution in [2.75, 3.05) is 38.7 Å². The number of nitrogens with zero attached hydrogens (tertiary/aromatic N) is 7. The lowest BCUT2D eigenvalue weighted by Crippen LogP contribution is -2.61. The topological polar surface area (TPSA) is 247 Å². The number of carbonyl (C=O) groups is 4. The zero-order valence-electron chi connectivity index (χ0n) is 27.7. The number of thiazole rings is 1. The number of aliphatic carboxylic acids is 1. The van der Waals surface area contributed by atoms with Crippen molar-refractivity contribution >= 4 is 86.3 Å². The van der Waals surface area contributed by atoms with E-state index in [1.165, 1.54) is 37.7 Å². The smallest absolute Gasteiger partial charge is 0.350 e. The molecule has 2 aliphatic rings. The fourth-order valence-corrected chi connectivity index (χ4v) is 8.16. The average molecular weight is 784 g/mol. The van der Waals surface area contributed by atoms with Crippen LogP contribution in [-0.2, 0) is 19.2 Å². The number of Topliss-reactive ketones (excluding diaryl/α,β-unsaturated/α-hetero) is 2. The molecule has 51 heavy (non-hydrogen) atoms. The van der Waals surface area contributed by atoms with Gasteiger partial charge in [-0.25, -0.2) is 9.78 Å². The van der Waals surface area contributed by atoms with E-state index in [0.717, 1.165) is 16.9 Å². The third-order valence-electron chi connectivity index (χ3n) is 8.27. The van der Waals surface area contributed by atoms with Gasteiger partial charge in [0, 0.05) is 36.2 Å². The maximum atomic E-state index is 13.8. The van der Waals surface area contributed by atoms with Crippen molar-refractivity contribution in [3.8, 4) is 11.5 Å². The van der Waals surface area contributed by atoms with E-state index in [2.05, 4.69) is 30.8 Å². The number of nitrogens with one attached hydrogen (secondary N) is 1. The van der Waals surface area contributed by atoms with Gasteiger partial charge in [-0.05, 0) is 31.2 Å². The van der Waals surface area contributed by atoms with Gasteiger partial charge in [-0.1, -0.05) is 39.7 Å². The molecule has 3 aromatic rings. The van der Waals surface area contributed by atoms with E-state index in [-0.39, 0.29) is 61.8 Å². The monoisotopic (exact) mass is 782 g/mol. The summed E-state index contributed by atoms with van der Waals surface area (Å²) >= 11 is 14.7. The van der Waals surface area contributed by atoms with E-state index < -0.39 is 40.1 Å². The molecule has 1 saturated heterocycles. The Hall–Kier alpha value is -4.30. The minimum absolute atomic E-state index is 0.0467. The van der Waals surface area contributed by atoms with Crippen molar-refractivity contribution in [2.24, 2.45) is 11.1 Å². The first-order chi connectivity index (χ1) is 23.9. The van der Waals surface area contributed by atoms with Gasteiger partial charge in [0.1, 0.15) is 16.6 Å². The molecule has 4 heterocycles. The number of H-pyrrole nitrogens is 1. The number of ketones is 2. The summed E-state index contributed by atoms with van der Waals surface area (Å²) < 4.78 is 0.475. The fourth-order valence-electron chi connectivity index (χ4n) is 5.57. The van der Waals surface area contributed by atoms with Gasteiger partial charge in [0.25, 0.3) is 0 Å². The van der Waals surface area contributed by atoms with Crippen LogP contribution in [0.2, 0.25) is 9.36 Å². The molecule has 17 nitrogen and oxygen atoms in total. The van der Waals surface area contributed by atoms with Crippen LogP contribution in [-0.4, -0.2) is 123 Å². The van der Waals surface area contributed by atoms with Gasteiger partial charge >= 0.3 is 5.97 Å². The number of hydrogen-bond acceptors (Lipinski definition) is 15. The molecule has 272 valence electrons. The first-order valence-corrected chi connectivity index (χ1v) is 17.9. The van der Waals surface area contributed by atoms with Gasteiger partial charge in [-0.3, -0.25) is 19.3 Å². The predicted molar refractivity (Wildman–Crippen MR) is 188 cm³/mol. The van der Waals surface area contributed by atoms with Crippen molar-refractivity contribution < 1.29 is 43.8 Å². The summed E-state index contributed by atoms with van der Waals surface area (Å²) in [7, 11) is 3.96. The molecule has 0 radical (unpaired) electrons. The average Bonchev–Trinajstić information content (AvgIpc) is 3.71. The van der Waals surface area contributed by atoms with E-state index in [1.807, 2.05) is 14.1 Å². The summed E-state index contributed by atoms with van der Waals surface area (Å²) in [6, 6.07) is 2.58. The van der Waals surface area contributed by atoms with E-state index in [9.17, 15) is 34.5 Å². The summed E-state index contributed by atoms with van der Waals surface area (Å²) in [5, 5.41) is 46.6. The molecule has 6 N–H and O–H groups in total. The summed E-state index contributed by atoms with van der Waals surface area (Å²) in [4.78, 5) is 62.8. The van der Waals surface area contributed by atoms with Crippen molar-refractivity contribution in [1.82, 2.24) is 30.5 Å². The van der Waals surface area contributed by atoms with E-state index in [0.29, 0.717) is 35.4 Å². The first kappa shape index (κ1) is 37.9. The number of halogens is 2. The zero-order chi connectivity index (χ0) is 37.4. The number of quaternary nitrogens is 1. The quantitative estimate of drug-likeness (QED) is 0.0371. The highest BCUT2D eigenvalue weighted by Gasteiger charge is 2.54. The highest BCUT2D eigenvalue weighted by atomic mass is 35.5. The number of fused-ring (bicyclic) bond motifs is 1. The third kappa shape index (κ3) is 7.96. The Morgan fingerprint density at radius 3 is 2.59 bits per heavy atom. The van der Waals surface area contributed by atoms with Crippen molar-refractivity contribution in [3.63, 3.8) is 0 Å². The van der Waals surface area contributed by atoms with E-state index >= 15 is 0 Å². The van der Waals surface area contributed by atoms with Gasteiger partial charge in [0.15, 0.2) is 33.9 Å².